The van der Waals surface area contributed by atoms with E-state index in [1.807, 2.05) is 0 Å². The second-order valence-corrected chi connectivity index (χ2v) is 5.08. The lowest BCUT2D eigenvalue weighted by atomic mass is 9.95. The molecule has 1 fully saturated rings. The zero-order valence-corrected chi connectivity index (χ0v) is 11.2. The third kappa shape index (κ3) is 4.11. The van der Waals surface area contributed by atoms with Crippen LogP contribution in [0.4, 0.5) is 26.3 Å². The van der Waals surface area contributed by atoms with Crippen LogP contribution < -0.4 is 0 Å². The maximum Gasteiger partial charge on any atom is 0.417 e. The molecule has 0 unspecified atom stereocenters. The molecule has 1 saturated heterocycles. The van der Waals surface area contributed by atoms with Gasteiger partial charge in [-0.1, -0.05) is 0 Å². The quantitative estimate of drug-likeness (QED) is 0.798. The summed E-state index contributed by atoms with van der Waals surface area (Å²) in [4.78, 5) is 16.4. The van der Waals surface area contributed by atoms with Crippen LogP contribution in [0.5, 0.6) is 0 Å². The molecule has 9 heteroatoms. The standard InChI is InChI=1S/C13H12F6N2O/c14-12(15,16)4-3-11(22)21-6-8(7-21)10-2-1-9(5-20-10)13(17,18)19/h1-2,5,8H,3-4,6-7H2. The van der Waals surface area contributed by atoms with E-state index < -0.39 is 36.7 Å². The van der Waals surface area contributed by atoms with Gasteiger partial charge in [0, 0.05) is 37.3 Å². The van der Waals surface area contributed by atoms with Gasteiger partial charge in [0.1, 0.15) is 0 Å². The monoisotopic (exact) mass is 326 g/mol. The number of likely N-dealkylation sites (tertiary alicyclic amines) is 1. The van der Waals surface area contributed by atoms with Crippen molar-refractivity contribution in [3.05, 3.63) is 29.6 Å². The number of nitrogens with zero attached hydrogens (tertiary/aromatic N) is 2. The second-order valence-electron chi connectivity index (χ2n) is 5.08. The third-order valence-electron chi connectivity index (χ3n) is 3.39. The highest BCUT2D eigenvalue weighted by atomic mass is 19.4. The van der Waals surface area contributed by atoms with Gasteiger partial charge >= 0.3 is 12.4 Å². The van der Waals surface area contributed by atoms with Crippen molar-refractivity contribution in [2.45, 2.75) is 31.1 Å². The first kappa shape index (κ1) is 16.6. The van der Waals surface area contributed by atoms with Gasteiger partial charge in [-0.3, -0.25) is 9.78 Å². The minimum Gasteiger partial charge on any atom is -0.341 e. The van der Waals surface area contributed by atoms with E-state index >= 15 is 0 Å². The Morgan fingerprint density at radius 3 is 2.27 bits per heavy atom. The zero-order chi connectivity index (χ0) is 16.5. The lowest BCUT2D eigenvalue weighted by Gasteiger charge is -2.39. The Balaban J connectivity index is 1.85. The van der Waals surface area contributed by atoms with E-state index in [1.54, 1.807) is 0 Å². The lowest BCUT2D eigenvalue weighted by molar-refractivity contribution is -0.151. The highest BCUT2D eigenvalue weighted by Gasteiger charge is 2.36. The molecular formula is C13H12F6N2O. The van der Waals surface area contributed by atoms with Crippen LogP contribution in [0.25, 0.3) is 0 Å². The maximum absolute atomic E-state index is 12.4. The van der Waals surface area contributed by atoms with Crippen molar-refractivity contribution in [1.82, 2.24) is 9.88 Å². The van der Waals surface area contributed by atoms with E-state index in [9.17, 15) is 31.1 Å². The molecule has 2 rings (SSSR count). The summed E-state index contributed by atoms with van der Waals surface area (Å²) in [6, 6.07) is 2.13. The first-order valence-electron chi connectivity index (χ1n) is 6.44. The minimum atomic E-state index is -4.47. The third-order valence-corrected chi connectivity index (χ3v) is 3.39. The summed E-state index contributed by atoms with van der Waals surface area (Å²) in [6.45, 7) is 0.351. The smallest absolute Gasteiger partial charge is 0.341 e. The van der Waals surface area contributed by atoms with Crippen LogP contribution in [-0.4, -0.2) is 35.1 Å². The van der Waals surface area contributed by atoms with Crippen LogP contribution in [0.3, 0.4) is 0 Å². The molecule has 0 aliphatic carbocycles. The van der Waals surface area contributed by atoms with Crippen molar-refractivity contribution < 1.29 is 31.1 Å². The molecule has 2 heterocycles. The van der Waals surface area contributed by atoms with Gasteiger partial charge in [-0.15, -0.1) is 0 Å². The Morgan fingerprint density at radius 1 is 1.18 bits per heavy atom. The van der Waals surface area contributed by atoms with Crippen LogP contribution in [0, 0.1) is 0 Å². The molecule has 0 saturated carbocycles. The number of alkyl halides is 6. The fraction of sp³-hybridized carbons (Fsp3) is 0.538. The number of carbonyl (C=O) groups excluding carboxylic acids is 1. The van der Waals surface area contributed by atoms with Gasteiger partial charge in [0.25, 0.3) is 0 Å². The molecule has 0 atom stereocenters. The van der Waals surface area contributed by atoms with Gasteiger partial charge in [0.15, 0.2) is 0 Å². The summed E-state index contributed by atoms with van der Waals surface area (Å²) in [5.41, 5.74) is -0.471. The van der Waals surface area contributed by atoms with E-state index in [-0.39, 0.29) is 19.0 Å². The van der Waals surface area contributed by atoms with Gasteiger partial charge in [0.2, 0.25) is 5.91 Å². The van der Waals surface area contributed by atoms with Gasteiger partial charge < -0.3 is 4.90 Å². The molecule has 1 aromatic rings. The zero-order valence-electron chi connectivity index (χ0n) is 11.2. The molecular weight excluding hydrogens is 314 g/mol. The van der Waals surface area contributed by atoms with Crippen LogP contribution in [-0.2, 0) is 11.0 Å². The molecule has 122 valence electrons. The number of aromatic nitrogens is 1. The molecule has 0 aromatic carbocycles. The summed E-state index contributed by atoms with van der Waals surface area (Å²) in [5, 5.41) is 0. The molecule has 1 aliphatic heterocycles. The Morgan fingerprint density at radius 2 is 1.82 bits per heavy atom. The number of halogens is 6. The van der Waals surface area contributed by atoms with Crippen LogP contribution in [0.1, 0.15) is 30.0 Å². The molecule has 22 heavy (non-hydrogen) atoms. The van der Waals surface area contributed by atoms with Gasteiger partial charge in [-0.25, -0.2) is 0 Å². The van der Waals surface area contributed by atoms with Crippen molar-refractivity contribution in [3.8, 4) is 0 Å². The highest BCUT2D eigenvalue weighted by Crippen LogP contribution is 2.31. The average Bonchev–Trinajstić information content (AvgIpc) is 2.33. The molecule has 0 spiro atoms. The number of amides is 1. The van der Waals surface area contributed by atoms with Crippen LogP contribution in [0.2, 0.25) is 0 Å². The molecule has 0 bridgehead atoms. The fourth-order valence-corrected chi connectivity index (χ4v) is 2.09. The number of rotatable bonds is 3. The molecule has 1 aromatic heterocycles. The van der Waals surface area contributed by atoms with E-state index in [4.69, 9.17) is 0 Å². The van der Waals surface area contributed by atoms with Crippen molar-refractivity contribution in [2.24, 2.45) is 0 Å². The van der Waals surface area contributed by atoms with E-state index in [0.29, 0.717) is 11.9 Å². The first-order valence-corrected chi connectivity index (χ1v) is 6.44. The van der Waals surface area contributed by atoms with Gasteiger partial charge in [0.05, 0.1) is 12.0 Å². The topological polar surface area (TPSA) is 33.2 Å². The first-order chi connectivity index (χ1) is 10.1. The Labute approximate surface area is 121 Å². The second kappa shape index (κ2) is 5.77. The molecule has 0 radical (unpaired) electrons. The predicted molar refractivity (Wildman–Crippen MR) is 63.8 cm³/mol. The summed E-state index contributed by atoms with van der Waals surface area (Å²) < 4.78 is 73.2. The number of hydrogen-bond acceptors (Lipinski definition) is 2. The van der Waals surface area contributed by atoms with Crippen LogP contribution >= 0.6 is 0 Å². The van der Waals surface area contributed by atoms with E-state index in [2.05, 4.69) is 4.98 Å². The Hall–Kier alpha value is -1.80. The Kier molecular flexibility index (Phi) is 4.35. The largest absolute Gasteiger partial charge is 0.417 e. The Bertz CT molecular complexity index is 531. The molecule has 0 N–H and O–H groups in total. The highest BCUT2D eigenvalue weighted by molar-refractivity contribution is 5.77. The summed E-state index contributed by atoms with van der Waals surface area (Å²) >= 11 is 0. The number of pyridine rings is 1. The normalized spacial score (nSPS) is 16.5. The predicted octanol–water partition coefficient (Wildman–Crippen LogP) is 3.37. The summed E-state index contributed by atoms with van der Waals surface area (Å²) in [6.07, 6.45) is -9.93. The van der Waals surface area contributed by atoms with Crippen molar-refractivity contribution in [1.29, 1.82) is 0 Å². The van der Waals surface area contributed by atoms with Gasteiger partial charge in [-0.2, -0.15) is 26.3 Å². The number of carbonyl (C=O) groups is 1. The van der Waals surface area contributed by atoms with Crippen molar-refractivity contribution >= 4 is 5.91 Å². The van der Waals surface area contributed by atoms with Crippen molar-refractivity contribution in [2.75, 3.05) is 13.1 Å². The fourth-order valence-electron chi connectivity index (χ4n) is 2.09. The summed E-state index contributed by atoms with van der Waals surface area (Å²) in [5.74, 6) is -0.849. The minimum absolute atomic E-state index is 0.176. The molecule has 1 amide bonds. The molecule has 1 aliphatic rings. The van der Waals surface area contributed by atoms with E-state index in [0.717, 1.165) is 6.07 Å². The van der Waals surface area contributed by atoms with Gasteiger partial charge in [-0.05, 0) is 12.1 Å². The van der Waals surface area contributed by atoms with E-state index in [1.165, 1.54) is 11.0 Å². The van der Waals surface area contributed by atoms with Crippen molar-refractivity contribution in [3.63, 3.8) is 0 Å². The average molecular weight is 326 g/mol. The number of hydrogen-bond donors (Lipinski definition) is 0. The summed E-state index contributed by atoms with van der Waals surface area (Å²) in [7, 11) is 0. The lowest BCUT2D eigenvalue weighted by Crippen LogP contribution is -2.48. The van der Waals surface area contributed by atoms with Crippen LogP contribution in [0.15, 0.2) is 18.3 Å². The maximum atomic E-state index is 12.4. The molecule has 3 nitrogen and oxygen atoms in total. The SMILES string of the molecule is O=C(CCC(F)(F)F)N1CC(c2ccc(C(F)(F)F)cn2)C1.